The van der Waals surface area contributed by atoms with Crippen LogP contribution < -0.4 is 10.1 Å². The number of rotatable bonds is 8. The minimum absolute atomic E-state index is 0.0606. The van der Waals surface area contributed by atoms with Crippen LogP contribution in [0.2, 0.25) is 0 Å². The van der Waals surface area contributed by atoms with Gasteiger partial charge in [0.1, 0.15) is 10.6 Å². The molecular formula is C23H30N2O4S. The lowest BCUT2D eigenvalue weighted by molar-refractivity contribution is -0.116. The smallest absolute Gasteiger partial charge is 0.246 e. The van der Waals surface area contributed by atoms with Crippen molar-refractivity contribution in [1.29, 1.82) is 0 Å². The van der Waals surface area contributed by atoms with Crippen molar-refractivity contribution in [2.45, 2.75) is 50.3 Å². The van der Waals surface area contributed by atoms with E-state index in [9.17, 15) is 13.2 Å². The molecule has 30 heavy (non-hydrogen) atoms. The van der Waals surface area contributed by atoms with Crippen LogP contribution in [-0.4, -0.2) is 38.3 Å². The van der Waals surface area contributed by atoms with Crippen molar-refractivity contribution in [1.82, 2.24) is 4.31 Å². The lowest BCUT2D eigenvalue weighted by atomic mass is 9.97. The molecule has 0 aromatic heterocycles. The standard InChI is InChI=1S/C23H30N2O4S/c1-3-29-21-13-12-20(17-22(21)30(27,28)25-14-8-5-9-15-25)24-23(26)16-18(2)19-10-6-4-7-11-19/h4,6-7,10-13,17-18H,3,5,8-9,14-16H2,1-2H3,(H,24,26). The molecule has 0 radical (unpaired) electrons. The van der Waals surface area contributed by atoms with Gasteiger partial charge in [-0.25, -0.2) is 8.42 Å². The number of hydrogen-bond donors (Lipinski definition) is 1. The van der Waals surface area contributed by atoms with Crippen LogP contribution in [-0.2, 0) is 14.8 Å². The van der Waals surface area contributed by atoms with Gasteiger partial charge in [-0.3, -0.25) is 4.79 Å². The predicted octanol–water partition coefficient (Wildman–Crippen LogP) is 4.39. The van der Waals surface area contributed by atoms with Gasteiger partial charge in [0.05, 0.1) is 6.61 Å². The summed E-state index contributed by atoms with van der Waals surface area (Å²) in [6, 6.07) is 14.7. The largest absolute Gasteiger partial charge is 0.492 e. The molecule has 1 saturated heterocycles. The second-order valence-corrected chi connectivity index (χ2v) is 9.53. The lowest BCUT2D eigenvalue weighted by Gasteiger charge is -2.27. The summed E-state index contributed by atoms with van der Waals surface area (Å²) in [5.41, 5.74) is 1.55. The molecule has 1 amide bonds. The first-order chi connectivity index (χ1) is 14.4. The first-order valence-electron chi connectivity index (χ1n) is 10.5. The van der Waals surface area contributed by atoms with E-state index in [1.54, 1.807) is 12.1 Å². The summed E-state index contributed by atoms with van der Waals surface area (Å²) in [5, 5.41) is 2.85. The molecule has 162 valence electrons. The molecule has 3 rings (SSSR count). The second kappa shape index (κ2) is 10.1. The Labute approximate surface area is 179 Å². The summed E-state index contributed by atoms with van der Waals surface area (Å²) in [6.07, 6.45) is 3.07. The molecule has 6 nitrogen and oxygen atoms in total. The molecule has 0 bridgehead atoms. The predicted molar refractivity (Wildman–Crippen MR) is 118 cm³/mol. The quantitative estimate of drug-likeness (QED) is 0.674. The topological polar surface area (TPSA) is 75.7 Å². The van der Waals surface area contributed by atoms with Crippen LogP contribution in [0, 0.1) is 0 Å². The van der Waals surface area contributed by atoms with Crippen LogP contribution >= 0.6 is 0 Å². The van der Waals surface area contributed by atoms with Crippen LogP contribution in [0.15, 0.2) is 53.4 Å². The summed E-state index contributed by atoms with van der Waals surface area (Å²) in [4.78, 5) is 12.7. The van der Waals surface area contributed by atoms with E-state index in [2.05, 4.69) is 5.32 Å². The number of anilines is 1. The maximum atomic E-state index is 13.2. The fourth-order valence-corrected chi connectivity index (χ4v) is 5.37. The van der Waals surface area contributed by atoms with Crippen molar-refractivity contribution in [2.24, 2.45) is 0 Å². The Morgan fingerprint density at radius 1 is 1.10 bits per heavy atom. The van der Waals surface area contributed by atoms with Gasteiger partial charge in [-0.2, -0.15) is 4.31 Å². The van der Waals surface area contributed by atoms with Crippen LogP contribution in [0.5, 0.6) is 5.75 Å². The van der Waals surface area contributed by atoms with Gasteiger partial charge in [-0.1, -0.05) is 43.7 Å². The molecular weight excluding hydrogens is 400 g/mol. The number of nitrogens with one attached hydrogen (secondary N) is 1. The number of sulfonamides is 1. The maximum absolute atomic E-state index is 13.2. The fraction of sp³-hybridized carbons (Fsp3) is 0.435. The van der Waals surface area contributed by atoms with E-state index in [-0.39, 0.29) is 16.7 Å². The molecule has 1 aliphatic heterocycles. The van der Waals surface area contributed by atoms with E-state index in [1.807, 2.05) is 44.2 Å². The van der Waals surface area contributed by atoms with Gasteiger partial charge in [0.25, 0.3) is 0 Å². The lowest BCUT2D eigenvalue weighted by Crippen LogP contribution is -2.35. The SMILES string of the molecule is CCOc1ccc(NC(=O)CC(C)c2ccccc2)cc1S(=O)(=O)N1CCCCC1. The molecule has 2 aromatic rings. The van der Waals surface area contributed by atoms with Crippen molar-refractivity contribution < 1.29 is 17.9 Å². The van der Waals surface area contributed by atoms with Gasteiger partial charge in [0.15, 0.2) is 0 Å². The average Bonchev–Trinajstić information content (AvgIpc) is 2.76. The Kier molecular flexibility index (Phi) is 7.50. The van der Waals surface area contributed by atoms with Crippen molar-refractivity contribution in [3.63, 3.8) is 0 Å². The third kappa shape index (κ3) is 5.40. The zero-order valence-electron chi connectivity index (χ0n) is 17.6. The molecule has 1 fully saturated rings. The van der Waals surface area contributed by atoms with Gasteiger partial charge in [-0.05, 0) is 49.4 Å². The summed E-state index contributed by atoms with van der Waals surface area (Å²) >= 11 is 0. The highest BCUT2D eigenvalue weighted by molar-refractivity contribution is 7.89. The van der Waals surface area contributed by atoms with Crippen LogP contribution in [0.3, 0.4) is 0 Å². The van der Waals surface area contributed by atoms with Crippen LogP contribution in [0.4, 0.5) is 5.69 Å². The summed E-state index contributed by atoms with van der Waals surface area (Å²) in [7, 11) is -3.68. The highest BCUT2D eigenvalue weighted by Crippen LogP contribution is 2.31. The number of carbonyl (C=O) groups excluding carboxylic acids is 1. The molecule has 2 aromatic carbocycles. The Morgan fingerprint density at radius 2 is 1.80 bits per heavy atom. The molecule has 1 N–H and O–H groups in total. The van der Waals surface area contributed by atoms with Crippen molar-refractivity contribution in [3.05, 3.63) is 54.1 Å². The van der Waals surface area contributed by atoms with E-state index in [4.69, 9.17) is 4.74 Å². The Bertz CT molecular complexity index is 954. The van der Waals surface area contributed by atoms with Gasteiger partial charge in [0, 0.05) is 25.2 Å². The monoisotopic (exact) mass is 430 g/mol. The Hall–Kier alpha value is -2.38. The number of hydrogen-bond acceptors (Lipinski definition) is 4. The van der Waals surface area contributed by atoms with E-state index in [0.717, 1.165) is 24.8 Å². The zero-order chi connectivity index (χ0) is 21.6. The minimum atomic E-state index is -3.68. The second-order valence-electron chi connectivity index (χ2n) is 7.62. The van der Waals surface area contributed by atoms with Gasteiger partial charge >= 0.3 is 0 Å². The number of piperidine rings is 1. The number of ether oxygens (including phenoxy) is 1. The van der Waals surface area contributed by atoms with Crippen LogP contribution in [0.1, 0.15) is 51.0 Å². The molecule has 1 atom stereocenters. The third-order valence-corrected chi connectivity index (χ3v) is 7.24. The highest BCUT2D eigenvalue weighted by Gasteiger charge is 2.29. The van der Waals surface area contributed by atoms with E-state index in [1.165, 1.54) is 10.4 Å². The normalized spacial score (nSPS) is 16.1. The number of nitrogens with zero attached hydrogens (tertiary/aromatic N) is 1. The molecule has 1 unspecified atom stereocenters. The molecule has 1 aliphatic rings. The number of benzene rings is 2. The van der Waals surface area contributed by atoms with E-state index >= 15 is 0 Å². The molecule has 0 aliphatic carbocycles. The van der Waals surface area contributed by atoms with Crippen LogP contribution in [0.25, 0.3) is 0 Å². The summed E-state index contributed by atoms with van der Waals surface area (Å²) < 4.78 is 33.5. The van der Waals surface area contributed by atoms with Gasteiger partial charge in [0.2, 0.25) is 15.9 Å². The molecule has 1 heterocycles. The van der Waals surface area contributed by atoms with Crippen molar-refractivity contribution in [2.75, 3.05) is 25.0 Å². The number of amides is 1. The Balaban J connectivity index is 1.79. The van der Waals surface area contributed by atoms with Crippen molar-refractivity contribution in [3.8, 4) is 5.75 Å². The summed E-state index contributed by atoms with van der Waals surface area (Å²) in [6.45, 7) is 5.21. The first kappa shape index (κ1) is 22.3. The molecule has 7 heteroatoms. The molecule has 0 spiro atoms. The third-order valence-electron chi connectivity index (χ3n) is 5.32. The maximum Gasteiger partial charge on any atom is 0.246 e. The van der Waals surface area contributed by atoms with E-state index < -0.39 is 10.0 Å². The number of carbonyl (C=O) groups is 1. The van der Waals surface area contributed by atoms with Gasteiger partial charge < -0.3 is 10.1 Å². The van der Waals surface area contributed by atoms with Gasteiger partial charge in [-0.15, -0.1) is 0 Å². The highest BCUT2D eigenvalue weighted by atomic mass is 32.2. The molecule has 0 saturated carbocycles. The van der Waals surface area contributed by atoms with E-state index in [0.29, 0.717) is 37.6 Å². The minimum Gasteiger partial charge on any atom is -0.492 e. The Morgan fingerprint density at radius 3 is 2.47 bits per heavy atom. The first-order valence-corrected chi connectivity index (χ1v) is 12.0. The summed E-state index contributed by atoms with van der Waals surface area (Å²) in [5.74, 6) is 0.223. The zero-order valence-corrected chi connectivity index (χ0v) is 18.5. The van der Waals surface area contributed by atoms with Crippen molar-refractivity contribution >= 4 is 21.6 Å². The fourth-order valence-electron chi connectivity index (χ4n) is 3.70. The average molecular weight is 431 g/mol.